The first-order valence-corrected chi connectivity index (χ1v) is 12.3. The summed E-state index contributed by atoms with van der Waals surface area (Å²) < 4.78 is 1.51. The quantitative estimate of drug-likeness (QED) is 0.458. The fraction of sp³-hybridized carbons (Fsp3) is 0.370. The topological polar surface area (TPSA) is 107 Å². The van der Waals surface area contributed by atoms with Crippen molar-refractivity contribution in [3.05, 3.63) is 65.4 Å². The smallest absolute Gasteiger partial charge is 0.251 e. The zero-order valence-corrected chi connectivity index (χ0v) is 20.4. The highest BCUT2D eigenvalue weighted by molar-refractivity contribution is 6.00. The van der Waals surface area contributed by atoms with Crippen molar-refractivity contribution in [1.29, 1.82) is 0 Å². The molecule has 0 radical (unpaired) electrons. The van der Waals surface area contributed by atoms with E-state index in [1.807, 2.05) is 30.3 Å². The van der Waals surface area contributed by atoms with Gasteiger partial charge in [-0.15, -0.1) is 0 Å². The molecule has 1 unspecified atom stereocenters. The summed E-state index contributed by atoms with van der Waals surface area (Å²) in [5.41, 5.74) is 2.63. The summed E-state index contributed by atoms with van der Waals surface area (Å²) in [4.78, 5) is 41.3. The van der Waals surface area contributed by atoms with Gasteiger partial charge in [-0.25, -0.2) is 0 Å². The molecule has 188 valence electrons. The van der Waals surface area contributed by atoms with E-state index in [-0.39, 0.29) is 24.1 Å². The van der Waals surface area contributed by atoms with E-state index in [2.05, 4.69) is 33.5 Å². The van der Waals surface area contributed by atoms with Crippen LogP contribution in [0.2, 0.25) is 0 Å². The molecule has 9 nitrogen and oxygen atoms in total. The molecule has 2 fully saturated rings. The third-order valence-corrected chi connectivity index (χ3v) is 7.07. The maximum Gasteiger partial charge on any atom is 0.251 e. The van der Waals surface area contributed by atoms with Crippen molar-refractivity contribution >= 4 is 28.5 Å². The number of carbonyl (C=O) groups excluding carboxylic acids is 3. The lowest BCUT2D eigenvalue weighted by molar-refractivity contribution is -0.135. The molecule has 0 spiro atoms. The highest BCUT2D eigenvalue weighted by Crippen LogP contribution is 2.33. The highest BCUT2D eigenvalue weighted by atomic mass is 16.3. The lowest BCUT2D eigenvalue weighted by atomic mass is 10.1. The van der Waals surface area contributed by atoms with Crippen LogP contribution in [-0.4, -0.2) is 70.4 Å². The van der Waals surface area contributed by atoms with Crippen LogP contribution in [0.4, 0.5) is 0 Å². The highest BCUT2D eigenvalue weighted by Gasteiger charge is 2.30. The molecule has 0 bridgehead atoms. The molecule has 3 aromatic rings. The predicted octanol–water partition coefficient (Wildman–Crippen LogP) is 2.00. The average molecular weight is 490 g/mol. The number of aromatic nitrogens is 1. The Bertz CT molecular complexity index is 1310. The molecule has 3 N–H and O–H groups in total. The van der Waals surface area contributed by atoms with Crippen molar-refractivity contribution in [2.75, 3.05) is 33.2 Å². The van der Waals surface area contributed by atoms with Crippen LogP contribution in [0.25, 0.3) is 10.8 Å². The van der Waals surface area contributed by atoms with Gasteiger partial charge in [-0.3, -0.25) is 24.6 Å². The molecule has 2 aliphatic rings. The number of piperidine rings is 1. The molecule has 5 rings (SSSR count). The van der Waals surface area contributed by atoms with Crippen LogP contribution in [0.1, 0.15) is 40.4 Å². The molecule has 36 heavy (non-hydrogen) atoms. The van der Waals surface area contributed by atoms with Gasteiger partial charge >= 0.3 is 0 Å². The summed E-state index contributed by atoms with van der Waals surface area (Å²) in [6.07, 6.45) is 2.30. The Balaban J connectivity index is 1.24. The van der Waals surface area contributed by atoms with E-state index < -0.39 is 11.9 Å². The number of benzene rings is 2. The fourth-order valence-electron chi connectivity index (χ4n) is 4.93. The van der Waals surface area contributed by atoms with Crippen molar-refractivity contribution in [3.63, 3.8) is 0 Å². The lowest BCUT2D eigenvalue weighted by Gasteiger charge is -2.32. The van der Waals surface area contributed by atoms with Crippen molar-refractivity contribution < 1.29 is 19.5 Å². The first-order chi connectivity index (χ1) is 17.4. The second-order valence-corrected chi connectivity index (χ2v) is 9.71. The van der Waals surface area contributed by atoms with Gasteiger partial charge in [-0.1, -0.05) is 18.2 Å². The number of amides is 3. The number of piperazine rings is 1. The van der Waals surface area contributed by atoms with Crippen LogP contribution in [0.15, 0.2) is 48.7 Å². The number of nitrogens with zero attached hydrogens (tertiary/aromatic N) is 3. The number of hydrogen-bond donors (Lipinski definition) is 3. The van der Waals surface area contributed by atoms with Crippen LogP contribution in [0.3, 0.4) is 0 Å². The van der Waals surface area contributed by atoms with E-state index in [9.17, 15) is 19.5 Å². The third kappa shape index (κ3) is 5.12. The normalized spacial score (nSPS) is 19.4. The van der Waals surface area contributed by atoms with Gasteiger partial charge in [-0.05, 0) is 48.9 Å². The van der Waals surface area contributed by atoms with Crippen molar-refractivity contribution in [2.24, 2.45) is 0 Å². The van der Waals surface area contributed by atoms with Gasteiger partial charge in [0.15, 0.2) is 5.88 Å². The van der Waals surface area contributed by atoms with Gasteiger partial charge < -0.3 is 19.9 Å². The molecule has 2 aliphatic heterocycles. The molecule has 3 amide bonds. The van der Waals surface area contributed by atoms with Gasteiger partial charge in [-0.2, -0.15) is 0 Å². The standard InChI is InChI=1S/C27H31N5O4/c1-30-9-11-31(12-10-30)16-19-3-2-4-20(14-19)25(34)28-15-18-5-6-22-21(13-18)17-32(27(22)36)23-7-8-24(33)29-26(23)35/h2-6,13-14,17,23,36H,7-12,15-16H2,1H3,(H,28,34)(H,29,33,35). The number of nitrogens with one attached hydrogen (secondary N) is 2. The molecule has 9 heteroatoms. The minimum absolute atomic E-state index is 0.00718. The number of carbonyl (C=O) groups is 3. The number of aromatic hydroxyl groups is 1. The minimum atomic E-state index is -0.628. The second kappa shape index (κ2) is 10.1. The summed E-state index contributed by atoms with van der Waals surface area (Å²) in [6, 6.07) is 12.7. The summed E-state index contributed by atoms with van der Waals surface area (Å²) in [6.45, 7) is 5.33. The van der Waals surface area contributed by atoms with E-state index in [0.29, 0.717) is 23.9 Å². The van der Waals surface area contributed by atoms with Crippen molar-refractivity contribution in [2.45, 2.75) is 32.0 Å². The van der Waals surface area contributed by atoms with Gasteiger partial charge in [0.05, 0.1) is 0 Å². The maximum atomic E-state index is 12.8. The number of rotatable bonds is 6. The van der Waals surface area contributed by atoms with Crippen LogP contribution in [0.5, 0.6) is 5.88 Å². The fourth-order valence-corrected chi connectivity index (χ4v) is 4.93. The summed E-state index contributed by atoms with van der Waals surface area (Å²) in [7, 11) is 2.14. The monoisotopic (exact) mass is 489 g/mol. The largest absolute Gasteiger partial charge is 0.494 e. The van der Waals surface area contributed by atoms with Crippen molar-refractivity contribution in [1.82, 2.24) is 25.0 Å². The van der Waals surface area contributed by atoms with Gasteiger partial charge in [0.25, 0.3) is 5.91 Å². The van der Waals surface area contributed by atoms with Crippen LogP contribution in [-0.2, 0) is 22.7 Å². The number of imide groups is 1. The number of likely N-dealkylation sites (N-methyl/N-ethyl adjacent to an activating group) is 1. The van der Waals surface area contributed by atoms with Gasteiger partial charge in [0.2, 0.25) is 11.8 Å². The van der Waals surface area contributed by atoms with Crippen LogP contribution < -0.4 is 10.6 Å². The van der Waals surface area contributed by atoms with E-state index in [1.54, 1.807) is 12.3 Å². The zero-order valence-electron chi connectivity index (χ0n) is 20.4. The summed E-state index contributed by atoms with van der Waals surface area (Å²) in [5.74, 6) is -0.855. The Hall–Kier alpha value is -3.69. The second-order valence-electron chi connectivity index (χ2n) is 9.71. The summed E-state index contributed by atoms with van der Waals surface area (Å²) >= 11 is 0. The molecule has 0 saturated carbocycles. The van der Waals surface area contributed by atoms with E-state index in [1.165, 1.54) is 4.57 Å². The number of fused-ring (bicyclic) bond motifs is 1. The first kappa shape index (κ1) is 24.0. The minimum Gasteiger partial charge on any atom is -0.494 e. The van der Waals surface area contributed by atoms with E-state index in [4.69, 9.17) is 0 Å². The third-order valence-electron chi connectivity index (χ3n) is 7.07. The summed E-state index contributed by atoms with van der Waals surface area (Å²) in [5, 5.41) is 17.4. The molecule has 1 aromatic heterocycles. The Morgan fingerprint density at radius 2 is 1.89 bits per heavy atom. The van der Waals surface area contributed by atoms with Crippen LogP contribution >= 0.6 is 0 Å². The van der Waals surface area contributed by atoms with E-state index >= 15 is 0 Å². The Kier molecular flexibility index (Phi) is 6.75. The maximum absolute atomic E-state index is 12.8. The molecular weight excluding hydrogens is 458 g/mol. The lowest BCUT2D eigenvalue weighted by Crippen LogP contribution is -2.43. The predicted molar refractivity (Wildman–Crippen MR) is 135 cm³/mol. The molecule has 2 aromatic carbocycles. The molecular formula is C27H31N5O4. The molecule has 3 heterocycles. The Morgan fingerprint density at radius 3 is 2.67 bits per heavy atom. The van der Waals surface area contributed by atoms with E-state index in [0.717, 1.165) is 49.2 Å². The molecule has 2 saturated heterocycles. The molecule has 0 aliphatic carbocycles. The Labute approximate surface area is 209 Å². The van der Waals surface area contributed by atoms with Gasteiger partial charge in [0.1, 0.15) is 6.04 Å². The average Bonchev–Trinajstić information content (AvgIpc) is 3.19. The van der Waals surface area contributed by atoms with Crippen molar-refractivity contribution in [3.8, 4) is 5.88 Å². The van der Waals surface area contributed by atoms with Crippen LogP contribution in [0, 0.1) is 0 Å². The number of hydrogen-bond acceptors (Lipinski definition) is 6. The SMILES string of the molecule is CN1CCN(Cc2cccc(C(=O)NCc3ccc4c(O)n(C5CCC(=O)NC5=O)cc4c3)c2)CC1. The Morgan fingerprint density at radius 1 is 1.08 bits per heavy atom. The zero-order chi connectivity index (χ0) is 25.2. The first-order valence-electron chi connectivity index (χ1n) is 12.3. The molecule has 1 atom stereocenters. The van der Waals surface area contributed by atoms with Gasteiger partial charge in [0, 0.05) is 68.2 Å².